The molecule has 0 saturated heterocycles. The Bertz CT molecular complexity index is 793. The van der Waals surface area contributed by atoms with Crippen LogP contribution in [0, 0.1) is 6.92 Å². The van der Waals surface area contributed by atoms with Crippen molar-refractivity contribution in [3.8, 4) is 0 Å². The molecule has 1 aromatic carbocycles. The van der Waals surface area contributed by atoms with E-state index >= 15 is 0 Å². The number of nitrogens with zero attached hydrogens (tertiary/aromatic N) is 1. The van der Waals surface area contributed by atoms with Gasteiger partial charge in [-0.3, -0.25) is 0 Å². The number of nitrogens with one attached hydrogen (secondary N) is 1. The number of urea groups is 1. The summed E-state index contributed by atoms with van der Waals surface area (Å²) in [5.41, 5.74) is 2.53. The number of fused-ring (bicyclic) bond motifs is 1. The number of rotatable bonds is 4. The normalized spacial score (nSPS) is 15.5. The molecule has 1 aromatic heterocycles. The molecule has 2 aromatic rings. The van der Waals surface area contributed by atoms with E-state index in [0.29, 0.717) is 13.1 Å². The number of carboxylic acid groups (broad SMARTS) is 1. The highest BCUT2D eigenvalue weighted by molar-refractivity contribution is 5.86. The first-order valence-electron chi connectivity index (χ1n) is 7.95. The van der Waals surface area contributed by atoms with Crippen LogP contribution in [0.2, 0.25) is 0 Å². The first kappa shape index (κ1) is 16.1. The summed E-state index contributed by atoms with van der Waals surface area (Å²) >= 11 is 0. The maximum absolute atomic E-state index is 12.3. The average molecular weight is 328 g/mol. The van der Waals surface area contributed by atoms with Gasteiger partial charge in [-0.1, -0.05) is 30.4 Å². The molecule has 2 heterocycles. The molecule has 2 N–H and O–H groups in total. The van der Waals surface area contributed by atoms with Crippen molar-refractivity contribution in [1.29, 1.82) is 0 Å². The molecule has 0 bridgehead atoms. The summed E-state index contributed by atoms with van der Waals surface area (Å²) in [7, 11) is 0. The summed E-state index contributed by atoms with van der Waals surface area (Å²) in [6.07, 6.45) is 6.46. The predicted molar refractivity (Wildman–Crippen MR) is 89.9 cm³/mol. The van der Waals surface area contributed by atoms with Crippen molar-refractivity contribution in [2.24, 2.45) is 0 Å². The van der Waals surface area contributed by atoms with E-state index in [4.69, 9.17) is 4.42 Å². The molecule has 0 fully saturated rings. The van der Waals surface area contributed by atoms with Gasteiger partial charge in [0.25, 0.3) is 0 Å². The molecule has 1 aliphatic rings. The van der Waals surface area contributed by atoms with Crippen LogP contribution in [0.25, 0.3) is 11.0 Å². The fraction of sp³-hybridized carbons (Fsp3) is 0.333. The molecule has 1 unspecified atom stereocenters. The van der Waals surface area contributed by atoms with E-state index in [1.54, 1.807) is 11.2 Å². The third-order valence-corrected chi connectivity index (χ3v) is 4.24. The van der Waals surface area contributed by atoms with Crippen LogP contribution in [0.5, 0.6) is 0 Å². The van der Waals surface area contributed by atoms with Crippen molar-refractivity contribution in [2.45, 2.75) is 25.8 Å². The molecule has 0 aliphatic carbocycles. The van der Waals surface area contributed by atoms with E-state index in [2.05, 4.69) is 5.32 Å². The lowest BCUT2D eigenvalue weighted by atomic mass is 10.0. The summed E-state index contributed by atoms with van der Waals surface area (Å²) < 4.78 is 5.56. The Labute approximate surface area is 139 Å². The van der Waals surface area contributed by atoms with Gasteiger partial charge in [0.05, 0.1) is 6.26 Å². The van der Waals surface area contributed by atoms with Gasteiger partial charge in [-0.25, -0.2) is 9.59 Å². The predicted octanol–water partition coefficient (Wildman–Crippen LogP) is 2.71. The van der Waals surface area contributed by atoms with Crippen LogP contribution in [-0.2, 0) is 11.2 Å². The quantitative estimate of drug-likeness (QED) is 0.845. The molecule has 1 atom stereocenters. The van der Waals surface area contributed by atoms with E-state index in [-0.39, 0.29) is 12.5 Å². The van der Waals surface area contributed by atoms with Crippen molar-refractivity contribution in [2.75, 3.05) is 13.1 Å². The highest BCUT2D eigenvalue weighted by Crippen LogP contribution is 2.25. The molecular weight excluding hydrogens is 308 g/mol. The van der Waals surface area contributed by atoms with Crippen molar-refractivity contribution in [1.82, 2.24) is 10.2 Å². The summed E-state index contributed by atoms with van der Waals surface area (Å²) in [5.74, 6) is -1.06. The fourth-order valence-electron chi connectivity index (χ4n) is 2.90. The number of aryl methyl sites for hydroxylation is 1. The zero-order valence-electron chi connectivity index (χ0n) is 13.5. The van der Waals surface area contributed by atoms with Crippen LogP contribution in [0.4, 0.5) is 4.79 Å². The molecule has 24 heavy (non-hydrogen) atoms. The number of hydrogen-bond donors (Lipinski definition) is 2. The molecule has 3 rings (SSSR count). The van der Waals surface area contributed by atoms with Crippen LogP contribution in [0.1, 0.15) is 17.5 Å². The van der Waals surface area contributed by atoms with E-state index in [9.17, 15) is 14.7 Å². The zero-order valence-corrected chi connectivity index (χ0v) is 13.5. The molecule has 6 heteroatoms. The number of benzene rings is 1. The lowest BCUT2D eigenvalue weighted by Gasteiger charge is -2.25. The number of amides is 2. The van der Waals surface area contributed by atoms with Crippen molar-refractivity contribution < 1.29 is 19.1 Å². The van der Waals surface area contributed by atoms with Crippen molar-refractivity contribution in [3.05, 3.63) is 47.7 Å². The third-order valence-electron chi connectivity index (χ3n) is 4.24. The van der Waals surface area contributed by atoms with Crippen LogP contribution < -0.4 is 5.32 Å². The van der Waals surface area contributed by atoms with Gasteiger partial charge in [0.1, 0.15) is 11.6 Å². The van der Waals surface area contributed by atoms with Gasteiger partial charge in [0.15, 0.2) is 0 Å². The Hall–Kier alpha value is -2.76. The Morgan fingerprint density at radius 1 is 1.38 bits per heavy atom. The van der Waals surface area contributed by atoms with Gasteiger partial charge in [0, 0.05) is 30.5 Å². The van der Waals surface area contributed by atoms with Crippen LogP contribution in [0.3, 0.4) is 0 Å². The number of carbonyl (C=O) groups is 2. The average Bonchev–Trinajstić information content (AvgIpc) is 2.99. The Balaban J connectivity index is 1.76. The maximum atomic E-state index is 12.3. The van der Waals surface area contributed by atoms with Crippen LogP contribution in [-0.4, -0.2) is 41.1 Å². The SMILES string of the molecule is Cc1cccc2c(CC(NC(=O)N3CC=CCC3)C(=O)O)coc12. The molecule has 1 aliphatic heterocycles. The summed E-state index contributed by atoms with van der Waals surface area (Å²) in [6, 6.07) is 4.40. The largest absolute Gasteiger partial charge is 0.480 e. The standard InChI is InChI=1S/C18H20N2O4/c1-12-6-5-7-14-13(11-24-16(12)14)10-15(17(21)22)19-18(23)20-8-3-2-4-9-20/h2-3,5-7,11,15H,4,8-10H2,1H3,(H,19,23)(H,21,22). The molecule has 2 amide bonds. The van der Waals surface area contributed by atoms with Gasteiger partial charge in [0.2, 0.25) is 0 Å². The fourth-order valence-corrected chi connectivity index (χ4v) is 2.90. The van der Waals surface area contributed by atoms with Crippen LogP contribution >= 0.6 is 0 Å². The van der Waals surface area contributed by atoms with Crippen molar-refractivity contribution in [3.63, 3.8) is 0 Å². The maximum Gasteiger partial charge on any atom is 0.326 e. The van der Waals surface area contributed by atoms with Gasteiger partial charge in [-0.05, 0) is 18.9 Å². The van der Waals surface area contributed by atoms with Gasteiger partial charge in [-0.2, -0.15) is 0 Å². The second-order valence-corrected chi connectivity index (χ2v) is 5.96. The number of hydrogen-bond acceptors (Lipinski definition) is 3. The minimum atomic E-state index is -1.06. The lowest BCUT2D eigenvalue weighted by molar-refractivity contribution is -0.139. The first-order valence-corrected chi connectivity index (χ1v) is 7.95. The first-order chi connectivity index (χ1) is 11.6. The molecule has 0 radical (unpaired) electrons. The summed E-state index contributed by atoms with van der Waals surface area (Å²) in [5, 5.41) is 13.0. The second kappa shape index (κ2) is 6.78. The van der Waals surface area contributed by atoms with Crippen LogP contribution in [0.15, 0.2) is 41.0 Å². The topological polar surface area (TPSA) is 82.8 Å². The van der Waals surface area contributed by atoms with Gasteiger partial charge >= 0.3 is 12.0 Å². The number of carboxylic acids is 1. The highest BCUT2D eigenvalue weighted by Gasteiger charge is 2.25. The smallest absolute Gasteiger partial charge is 0.326 e. The van der Waals surface area contributed by atoms with E-state index in [1.807, 2.05) is 37.3 Å². The number of carbonyl (C=O) groups excluding carboxylic acids is 1. The Kier molecular flexibility index (Phi) is 4.55. The second-order valence-electron chi connectivity index (χ2n) is 5.96. The zero-order chi connectivity index (χ0) is 17.1. The van der Waals surface area contributed by atoms with Crippen molar-refractivity contribution >= 4 is 23.0 Å². The highest BCUT2D eigenvalue weighted by atomic mass is 16.4. The third kappa shape index (κ3) is 3.27. The monoisotopic (exact) mass is 328 g/mol. The number of furan rings is 1. The summed E-state index contributed by atoms with van der Waals surface area (Å²) in [6.45, 7) is 3.05. The Morgan fingerprint density at radius 2 is 2.21 bits per heavy atom. The molecular formula is C18H20N2O4. The van der Waals surface area contributed by atoms with Gasteiger partial charge in [-0.15, -0.1) is 0 Å². The van der Waals surface area contributed by atoms with E-state index < -0.39 is 12.0 Å². The van der Waals surface area contributed by atoms with E-state index in [0.717, 1.165) is 28.5 Å². The molecule has 0 saturated carbocycles. The minimum absolute atomic E-state index is 0.182. The molecule has 126 valence electrons. The summed E-state index contributed by atoms with van der Waals surface area (Å²) in [4.78, 5) is 25.4. The van der Waals surface area contributed by atoms with Gasteiger partial charge < -0.3 is 19.7 Å². The number of aliphatic carboxylic acids is 1. The number of para-hydroxylation sites is 1. The minimum Gasteiger partial charge on any atom is -0.480 e. The molecule has 6 nitrogen and oxygen atoms in total. The Morgan fingerprint density at radius 3 is 2.92 bits per heavy atom. The molecule has 0 spiro atoms. The van der Waals surface area contributed by atoms with E-state index in [1.165, 1.54) is 0 Å². The lowest BCUT2D eigenvalue weighted by Crippen LogP contribution is -2.49.